The number of nitrogens with zero attached hydrogens (tertiary/aromatic N) is 2. The Labute approximate surface area is 129 Å². The summed E-state index contributed by atoms with van der Waals surface area (Å²) in [7, 11) is 0. The summed E-state index contributed by atoms with van der Waals surface area (Å²) >= 11 is 3.17. The van der Waals surface area contributed by atoms with Gasteiger partial charge in [-0.1, -0.05) is 0 Å². The largest absolute Gasteiger partial charge is 0.466 e. The molecule has 1 aromatic carbocycles. The molecule has 6 heteroatoms. The summed E-state index contributed by atoms with van der Waals surface area (Å²) in [5.41, 5.74) is 8.37. The lowest BCUT2D eigenvalue weighted by molar-refractivity contribution is 0.495. The van der Waals surface area contributed by atoms with E-state index in [1.54, 1.807) is 6.07 Å². The highest BCUT2D eigenvalue weighted by Gasteiger charge is 2.20. The van der Waals surface area contributed by atoms with Crippen LogP contribution in [0, 0.1) is 19.7 Å². The van der Waals surface area contributed by atoms with Crippen LogP contribution >= 0.6 is 15.9 Å². The quantitative estimate of drug-likeness (QED) is 0.746. The minimum Gasteiger partial charge on any atom is -0.466 e. The van der Waals surface area contributed by atoms with Gasteiger partial charge in [-0.15, -0.1) is 0 Å². The van der Waals surface area contributed by atoms with Crippen LogP contribution in [-0.2, 0) is 0 Å². The molecule has 2 aromatic heterocycles. The van der Waals surface area contributed by atoms with Gasteiger partial charge < -0.3 is 14.7 Å². The number of imidazole rings is 1. The summed E-state index contributed by atoms with van der Waals surface area (Å²) in [4.78, 5) is 4.31. The van der Waals surface area contributed by atoms with Gasteiger partial charge in [0.15, 0.2) is 0 Å². The average Bonchev–Trinajstić information content (AvgIpc) is 2.89. The van der Waals surface area contributed by atoms with E-state index in [0.717, 1.165) is 17.1 Å². The highest BCUT2D eigenvalue weighted by Crippen LogP contribution is 2.32. The van der Waals surface area contributed by atoms with Gasteiger partial charge in [-0.2, -0.15) is 0 Å². The van der Waals surface area contributed by atoms with Gasteiger partial charge in [0.2, 0.25) is 5.95 Å². The number of furan rings is 1. The Balaban J connectivity index is 2.22. The molecular weight excluding hydrogens is 337 g/mol. The second kappa shape index (κ2) is 4.87. The number of fused-ring (bicyclic) bond motifs is 1. The molecule has 0 aliphatic rings. The van der Waals surface area contributed by atoms with E-state index >= 15 is 0 Å². The van der Waals surface area contributed by atoms with Crippen molar-refractivity contribution in [3.63, 3.8) is 0 Å². The molecular formula is C15H15BrFN3O. The van der Waals surface area contributed by atoms with Crippen molar-refractivity contribution >= 4 is 32.9 Å². The maximum Gasteiger partial charge on any atom is 0.201 e. The molecule has 0 saturated carbocycles. The van der Waals surface area contributed by atoms with E-state index in [4.69, 9.17) is 10.2 Å². The normalized spacial score (nSPS) is 13.0. The zero-order valence-electron chi connectivity index (χ0n) is 11.9. The molecule has 21 heavy (non-hydrogen) atoms. The minimum atomic E-state index is -0.337. The van der Waals surface area contributed by atoms with Crippen LogP contribution in [-0.4, -0.2) is 9.55 Å². The molecule has 0 spiro atoms. The summed E-state index contributed by atoms with van der Waals surface area (Å²) in [6.45, 7) is 5.80. The van der Waals surface area contributed by atoms with Crippen LogP contribution in [0.5, 0.6) is 0 Å². The molecule has 2 heterocycles. The van der Waals surface area contributed by atoms with Gasteiger partial charge in [-0.25, -0.2) is 9.37 Å². The fraction of sp³-hybridized carbons (Fsp3) is 0.267. The first-order valence-corrected chi connectivity index (χ1v) is 7.37. The van der Waals surface area contributed by atoms with Gasteiger partial charge in [0.1, 0.15) is 17.3 Å². The summed E-state index contributed by atoms with van der Waals surface area (Å²) in [5, 5.41) is 0. The number of nitrogens with two attached hydrogens (primary N) is 1. The number of aryl methyl sites for hydroxylation is 2. The second-order valence-electron chi connectivity index (χ2n) is 5.14. The first-order valence-electron chi connectivity index (χ1n) is 6.58. The van der Waals surface area contributed by atoms with Crippen molar-refractivity contribution in [2.45, 2.75) is 26.8 Å². The highest BCUT2D eigenvalue weighted by molar-refractivity contribution is 9.10. The van der Waals surface area contributed by atoms with E-state index in [1.165, 1.54) is 6.07 Å². The molecule has 2 N–H and O–H groups in total. The first kappa shape index (κ1) is 14.1. The van der Waals surface area contributed by atoms with Crippen LogP contribution in [0.1, 0.15) is 30.0 Å². The summed E-state index contributed by atoms with van der Waals surface area (Å²) in [5.74, 6) is 1.69. The first-order chi connectivity index (χ1) is 9.88. The molecule has 3 rings (SSSR count). The average molecular weight is 352 g/mol. The number of benzene rings is 1. The van der Waals surface area contributed by atoms with Gasteiger partial charge >= 0.3 is 0 Å². The van der Waals surface area contributed by atoms with Crippen molar-refractivity contribution in [3.8, 4) is 0 Å². The fourth-order valence-corrected chi connectivity index (χ4v) is 3.05. The van der Waals surface area contributed by atoms with Crippen molar-refractivity contribution in [1.82, 2.24) is 9.55 Å². The molecule has 0 aliphatic carbocycles. The second-order valence-corrected chi connectivity index (χ2v) is 5.99. The molecule has 0 aliphatic heterocycles. The van der Waals surface area contributed by atoms with Gasteiger partial charge in [0, 0.05) is 11.6 Å². The third-order valence-corrected chi connectivity index (χ3v) is 4.28. The predicted molar refractivity (Wildman–Crippen MR) is 83.8 cm³/mol. The molecule has 3 aromatic rings. The Morgan fingerprint density at radius 1 is 1.33 bits per heavy atom. The Bertz CT molecular complexity index is 837. The van der Waals surface area contributed by atoms with E-state index in [0.29, 0.717) is 21.5 Å². The minimum absolute atomic E-state index is 0.0898. The Hall–Kier alpha value is -1.82. The Morgan fingerprint density at radius 2 is 2.05 bits per heavy atom. The summed E-state index contributed by atoms with van der Waals surface area (Å²) in [6.07, 6.45) is 0. The molecule has 4 nitrogen and oxygen atoms in total. The lowest BCUT2D eigenvalue weighted by Crippen LogP contribution is -2.10. The van der Waals surface area contributed by atoms with Gasteiger partial charge in [0.05, 0.1) is 21.5 Å². The summed E-state index contributed by atoms with van der Waals surface area (Å²) in [6, 6.07) is 4.97. The van der Waals surface area contributed by atoms with Crippen LogP contribution in [0.2, 0.25) is 0 Å². The van der Waals surface area contributed by atoms with Gasteiger partial charge in [0.25, 0.3) is 0 Å². The van der Waals surface area contributed by atoms with Crippen LogP contribution in [0.15, 0.2) is 27.1 Å². The monoisotopic (exact) mass is 351 g/mol. The van der Waals surface area contributed by atoms with Crippen LogP contribution in [0.4, 0.5) is 10.3 Å². The van der Waals surface area contributed by atoms with E-state index in [1.807, 2.05) is 31.4 Å². The number of aromatic nitrogens is 2. The number of rotatable bonds is 2. The zero-order chi connectivity index (χ0) is 15.3. The van der Waals surface area contributed by atoms with Crippen LogP contribution in [0.25, 0.3) is 11.0 Å². The lowest BCUT2D eigenvalue weighted by Gasteiger charge is -2.15. The molecule has 0 saturated heterocycles. The van der Waals surface area contributed by atoms with Crippen molar-refractivity contribution in [3.05, 3.63) is 45.6 Å². The zero-order valence-corrected chi connectivity index (χ0v) is 13.5. The summed E-state index contributed by atoms with van der Waals surface area (Å²) < 4.78 is 21.6. The Morgan fingerprint density at radius 3 is 2.67 bits per heavy atom. The maximum atomic E-state index is 13.8. The number of anilines is 1. The van der Waals surface area contributed by atoms with Gasteiger partial charge in [-0.3, -0.25) is 0 Å². The molecule has 110 valence electrons. The number of hydrogen-bond acceptors (Lipinski definition) is 3. The maximum absolute atomic E-state index is 13.8. The topological polar surface area (TPSA) is 57.0 Å². The molecule has 0 radical (unpaired) electrons. The van der Waals surface area contributed by atoms with Crippen LogP contribution < -0.4 is 5.73 Å². The SMILES string of the molecule is Cc1cc(C(C)n2c(N)nc3cc(Br)c(F)cc32)c(C)o1. The van der Waals surface area contributed by atoms with Crippen LogP contribution in [0.3, 0.4) is 0 Å². The molecule has 0 fully saturated rings. The van der Waals surface area contributed by atoms with E-state index in [-0.39, 0.29) is 11.9 Å². The number of hydrogen-bond donors (Lipinski definition) is 1. The molecule has 0 amide bonds. The van der Waals surface area contributed by atoms with Gasteiger partial charge in [-0.05, 0) is 48.8 Å². The smallest absolute Gasteiger partial charge is 0.201 e. The third-order valence-electron chi connectivity index (χ3n) is 3.68. The van der Waals surface area contributed by atoms with E-state index < -0.39 is 0 Å². The lowest BCUT2D eigenvalue weighted by atomic mass is 10.1. The number of nitrogen functional groups attached to an aromatic ring is 1. The predicted octanol–water partition coefficient (Wildman–Crippen LogP) is 4.34. The van der Waals surface area contributed by atoms with E-state index in [9.17, 15) is 4.39 Å². The fourth-order valence-electron chi connectivity index (χ4n) is 2.72. The van der Waals surface area contributed by atoms with Crippen molar-refractivity contribution in [2.24, 2.45) is 0 Å². The highest BCUT2D eigenvalue weighted by atomic mass is 79.9. The molecule has 0 bridgehead atoms. The molecule has 1 unspecified atom stereocenters. The number of halogens is 2. The van der Waals surface area contributed by atoms with Crippen molar-refractivity contribution < 1.29 is 8.81 Å². The third kappa shape index (κ3) is 2.23. The Kier molecular flexibility index (Phi) is 3.28. The van der Waals surface area contributed by atoms with Crippen molar-refractivity contribution in [2.75, 3.05) is 5.73 Å². The molecule has 1 atom stereocenters. The van der Waals surface area contributed by atoms with Crippen molar-refractivity contribution in [1.29, 1.82) is 0 Å². The van der Waals surface area contributed by atoms with E-state index in [2.05, 4.69) is 20.9 Å². The standard InChI is InChI=1S/C15H15BrFN3O/c1-7-4-10(9(3)21-7)8(2)20-14-6-12(17)11(16)5-13(14)19-15(20)18/h4-6,8H,1-3H3,(H2,18,19).